The second-order valence-corrected chi connectivity index (χ2v) is 14.8. The molecule has 4 heterocycles. The van der Waals surface area contributed by atoms with Crippen LogP contribution in [0.15, 0.2) is 140 Å². The van der Waals surface area contributed by atoms with E-state index in [9.17, 15) is 5.26 Å². The summed E-state index contributed by atoms with van der Waals surface area (Å²) in [5, 5.41) is 11.8. The molecule has 6 aromatic carbocycles. The van der Waals surface area contributed by atoms with E-state index in [0.29, 0.717) is 58.0 Å². The van der Waals surface area contributed by atoms with E-state index in [4.69, 9.17) is 34.9 Å². The van der Waals surface area contributed by atoms with Gasteiger partial charge in [-0.2, -0.15) is 5.26 Å². The molecule has 0 saturated carbocycles. The van der Waals surface area contributed by atoms with Crippen LogP contribution in [0.25, 0.3) is 95.6 Å². The SMILES string of the molecule is CC.CC.Cc1nc(C)nc(-c2ccc3c4ccc(-c5nc(C)nc(C)n5)cc4n(-c4ccc(-c5ccc(C#N)cc5)c(-c5nc(-c6ccccc6)nc(-c6ccccc6)n5)c4)c3c2)n1. The Kier molecular flexibility index (Phi) is 12.6. The highest BCUT2D eigenvalue weighted by molar-refractivity contribution is 6.11. The van der Waals surface area contributed by atoms with Crippen LogP contribution in [0.1, 0.15) is 56.6 Å². The van der Waals surface area contributed by atoms with E-state index >= 15 is 0 Å². The number of benzene rings is 6. The minimum absolute atomic E-state index is 0.503. The van der Waals surface area contributed by atoms with Gasteiger partial charge in [-0.1, -0.05) is 131 Å². The zero-order valence-corrected chi connectivity index (χ0v) is 37.7. The lowest BCUT2D eigenvalue weighted by Crippen LogP contribution is -2.03. The van der Waals surface area contributed by atoms with Gasteiger partial charge < -0.3 is 4.57 Å². The van der Waals surface area contributed by atoms with Crippen molar-refractivity contribution in [3.8, 4) is 79.8 Å². The van der Waals surface area contributed by atoms with Crippen molar-refractivity contribution in [2.45, 2.75) is 55.4 Å². The van der Waals surface area contributed by atoms with Crippen molar-refractivity contribution in [2.24, 2.45) is 0 Å². The number of hydrogen-bond acceptors (Lipinski definition) is 10. The second kappa shape index (κ2) is 18.9. The molecule has 0 amide bonds. The molecule has 65 heavy (non-hydrogen) atoms. The van der Waals surface area contributed by atoms with E-state index in [-0.39, 0.29) is 0 Å². The van der Waals surface area contributed by atoms with Gasteiger partial charge in [0.2, 0.25) is 0 Å². The van der Waals surface area contributed by atoms with Gasteiger partial charge >= 0.3 is 0 Å². The van der Waals surface area contributed by atoms with Crippen molar-refractivity contribution < 1.29 is 0 Å². The molecule has 0 aliphatic carbocycles. The summed E-state index contributed by atoms with van der Waals surface area (Å²) >= 11 is 0. The summed E-state index contributed by atoms with van der Waals surface area (Å²) in [5.41, 5.74) is 9.40. The zero-order chi connectivity index (χ0) is 45.6. The van der Waals surface area contributed by atoms with Crippen LogP contribution in [0.3, 0.4) is 0 Å². The molecule has 11 heteroatoms. The Hall–Kier alpha value is -8.36. The lowest BCUT2D eigenvalue weighted by Gasteiger charge is -2.16. The summed E-state index contributed by atoms with van der Waals surface area (Å²) in [5.74, 6) is 5.43. The van der Waals surface area contributed by atoms with Gasteiger partial charge in [0.1, 0.15) is 23.3 Å². The summed E-state index contributed by atoms with van der Waals surface area (Å²) in [6.07, 6.45) is 0. The molecule has 0 unspecified atom stereocenters. The first-order chi connectivity index (χ1) is 31.8. The van der Waals surface area contributed by atoms with E-state index < -0.39 is 0 Å². The van der Waals surface area contributed by atoms with E-state index in [1.165, 1.54) is 0 Å². The highest BCUT2D eigenvalue weighted by Gasteiger charge is 2.21. The molecular formula is C54H47N11. The van der Waals surface area contributed by atoms with Gasteiger partial charge in [-0.15, -0.1) is 0 Å². The van der Waals surface area contributed by atoms with Crippen LogP contribution in [-0.4, -0.2) is 49.4 Å². The van der Waals surface area contributed by atoms with Crippen molar-refractivity contribution in [2.75, 3.05) is 0 Å². The van der Waals surface area contributed by atoms with Gasteiger partial charge in [-0.3, -0.25) is 0 Å². The molecule has 11 nitrogen and oxygen atoms in total. The smallest absolute Gasteiger partial charge is 0.164 e. The molecule has 318 valence electrons. The summed E-state index contributed by atoms with van der Waals surface area (Å²) in [6.45, 7) is 15.5. The molecule has 0 fully saturated rings. The molecule has 0 saturated heterocycles. The molecule has 0 atom stereocenters. The first-order valence-electron chi connectivity index (χ1n) is 21.8. The van der Waals surface area contributed by atoms with Crippen LogP contribution < -0.4 is 0 Å². The standard InChI is InChI=1S/C50H35N11.2C2H6/c1-29-52-30(2)55-48(54-29)37-19-22-41-42-23-20-38(49-56-31(3)53-32(4)57-49)26-45(42)61(44(41)25-37)39-21-24-40(34-17-15-33(28-51)16-18-34)43(27-39)50-59-46(35-11-7-5-8-12-35)58-47(60-50)36-13-9-6-10-14-36;2*1-2/h5-27H,1-4H3;2*1-2H3. The maximum Gasteiger partial charge on any atom is 0.164 e. The zero-order valence-electron chi connectivity index (χ0n) is 37.7. The molecule has 0 aliphatic heterocycles. The van der Waals surface area contributed by atoms with Crippen LogP contribution in [-0.2, 0) is 0 Å². The van der Waals surface area contributed by atoms with Gasteiger partial charge in [0.25, 0.3) is 0 Å². The largest absolute Gasteiger partial charge is 0.309 e. The van der Waals surface area contributed by atoms with Crippen molar-refractivity contribution >= 4 is 21.8 Å². The second-order valence-electron chi connectivity index (χ2n) is 14.8. The van der Waals surface area contributed by atoms with Crippen LogP contribution in [0.5, 0.6) is 0 Å². The topological polar surface area (TPSA) is 145 Å². The van der Waals surface area contributed by atoms with Crippen molar-refractivity contribution in [3.63, 3.8) is 0 Å². The Morgan fingerprint density at radius 2 is 0.785 bits per heavy atom. The fourth-order valence-electron chi connectivity index (χ4n) is 7.83. The Bertz CT molecular complexity index is 3150. The highest BCUT2D eigenvalue weighted by Crippen LogP contribution is 2.40. The predicted octanol–water partition coefficient (Wildman–Crippen LogP) is 12.5. The lowest BCUT2D eigenvalue weighted by molar-refractivity contribution is 0.928. The Morgan fingerprint density at radius 1 is 0.369 bits per heavy atom. The Labute approximate surface area is 378 Å². The average Bonchev–Trinajstić information content (AvgIpc) is 3.68. The third-order valence-corrected chi connectivity index (χ3v) is 10.5. The molecule has 0 bridgehead atoms. The lowest BCUT2D eigenvalue weighted by atomic mass is 9.97. The fraction of sp³-hybridized carbons (Fsp3) is 0.148. The molecule has 0 spiro atoms. The first-order valence-corrected chi connectivity index (χ1v) is 21.8. The molecule has 0 aliphatic rings. The first kappa shape index (κ1) is 43.3. The normalized spacial score (nSPS) is 10.8. The monoisotopic (exact) mass is 849 g/mol. The quantitative estimate of drug-likeness (QED) is 0.152. The Balaban J connectivity index is 0.00000140. The van der Waals surface area contributed by atoms with Gasteiger partial charge in [0.15, 0.2) is 29.1 Å². The number of rotatable bonds is 7. The van der Waals surface area contributed by atoms with Gasteiger partial charge in [0, 0.05) is 44.3 Å². The van der Waals surface area contributed by atoms with E-state index in [0.717, 1.165) is 66.4 Å². The molecule has 10 aromatic rings. The number of fused-ring (bicyclic) bond motifs is 3. The van der Waals surface area contributed by atoms with Crippen LogP contribution in [0.4, 0.5) is 0 Å². The van der Waals surface area contributed by atoms with Crippen LogP contribution in [0, 0.1) is 39.0 Å². The summed E-state index contributed by atoms with van der Waals surface area (Å²) in [7, 11) is 0. The third kappa shape index (κ3) is 8.83. The van der Waals surface area contributed by atoms with Crippen LogP contribution >= 0.6 is 0 Å². The molecule has 0 N–H and O–H groups in total. The molecular weight excluding hydrogens is 803 g/mol. The Morgan fingerprint density at radius 3 is 1.23 bits per heavy atom. The number of aromatic nitrogens is 10. The number of nitriles is 1. The van der Waals surface area contributed by atoms with Gasteiger partial charge in [-0.05, 0) is 75.2 Å². The van der Waals surface area contributed by atoms with Crippen molar-refractivity contribution in [1.82, 2.24) is 49.4 Å². The molecule has 10 rings (SSSR count). The van der Waals surface area contributed by atoms with Gasteiger partial charge in [0.05, 0.1) is 22.7 Å². The number of nitrogens with zero attached hydrogens (tertiary/aromatic N) is 11. The summed E-state index contributed by atoms with van der Waals surface area (Å²) in [4.78, 5) is 43.1. The highest BCUT2D eigenvalue weighted by atomic mass is 15.1. The third-order valence-electron chi connectivity index (χ3n) is 10.5. The fourth-order valence-corrected chi connectivity index (χ4v) is 7.83. The summed E-state index contributed by atoms with van der Waals surface area (Å²) < 4.78 is 2.25. The van der Waals surface area contributed by atoms with Crippen molar-refractivity contribution in [1.29, 1.82) is 5.26 Å². The number of hydrogen-bond donors (Lipinski definition) is 0. The predicted molar refractivity (Wildman–Crippen MR) is 260 cm³/mol. The maximum atomic E-state index is 9.66. The van der Waals surface area contributed by atoms with E-state index in [2.05, 4.69) is 75.2 Å². The minimum Gasteiger partial charge on any atom is -0.309 e. The molecule has 0 radical (unpaired) electrons. The minimum atomic E-state index is 0.503. The average molecular weight is 850 g/mol. The number of aryl methyl sites for hydroxylation is 4. The maximum absolute atomic E-state index is 9.66. The van der Waals surface area contributed by atoms with E-state index in [1.807, 2.05) is 140 Å². The van der Waals surface area contributed by atoms with Crippen molar-refractivity contribution in [3.05, 3.63) is 168 Å². The molecule has 4 aromatic heterocycles. The van der Waals surface area contributed by atoms with E-state index in [1.54, 1.807) is 0 Å². The van der Waals surface area contributed by atoms with Gasteiger partial charge in [-0.25, -0.2) is 44.9 Å². The van der Waals surface area contributed by atoms with Crippen LogP contribution in [0.2, 0.25) is 0 Å². The summed E-state index contributed by atoms with van der Waals surface area (Å²) in [6, 6.07) is 48.7.